The third-order valence-electron chi connectivity index (χ3n) is 4.79. The number of hydrogen-bond donors (Lipinski definition) is 3. The Kier molecular flexibility index (Phi) is 5.38. The Bertz CT molecular complexity index is 1100. The normalized spacial score (nSPS) is 10.6. The molecular formula is C24H22N4O. The first-order valence-corrected chi connectivity index (χ1v) is 9.53. The fraction of sp³-hybridized carbons (Fsp3) is 0.0833. The molecule has 29 heavy (non-hydrogen) atoms. The Labute approximate surface area is 169 Å². The van der Waals surface area contributed by atoms with E-state index in [1.807, 2.05) is 84.9 Å². The molecule has 5 heteroatoms. The van der Waals surface area contributed by atoms with Crippen molar-refractivity contribution in [3.05, 3.63) is 96.1 Å². The van der Waals surface area contributed by atoms with Crippen molar-refractivity contribution in [2.24, 2.45) is 0 Å². The standard InChI is InChI=1S/C24H22N4O/c25-19-12-10-17(11-13-19)14-15-26-24(29)21-9-5-4-8-20(21)23-16-22(27-28-23)18-6-2-1-3-7-18/h1-13,16H,14-15,25H2,(H,26,29)(H,27,28). The van der Waals surface area contributed by atoms with Gasteiger partial charge in [-0.3, -0.25) is 9.89 Å². The highest BCUT2D eigenvalue weighted by atomic mass is 16.1. The first-order valence-electron chi connectivity index (χ1n) is 9.53. The van der Waals surface area contributed by atoms with Crippen molar-refractivity contribution in [3.63, 3.8) is 0 Å². The zero-order chi connectivity index (χ0) is 20.1. The summed E-state index contributed by atoms with van der Waals surface area (Å²) >= 11 is 0. The van der Waals surface area contributed by atoms with Gasteiger partial charge in [-0.05, 0) is 36.2 Å². The van der Waals surface area contributed by atoms with Crippen molar-refractivity contribution in [2.75, 3.05) is 12.3 Å². The van der Waals surface area contributed by atoms with Crippen LogP contribution in [0, 0.1) is 0 Å². The van der Waals surface area contributed by atoms with Gasteiger partial charge in [0.05, 0.1) is 11.4 Å². The summed E-state index contributed by atoms with van der Waals surface area (Å²) < 4.78 is 0. The maximum Gasteiger partial charge on any atom is 0.251 e. The number of nitrogens with one attached hydrogen (secondary N) is 2. The number of anilines is 1. The fourth-order valence-electron chi connectivity index (χ4n) is 3.23. The highest BCUT2D eigenvalue weighted by Crippen LogP contribution is 2.26. The van der Waals surface area contributed by atoms with E-state index in [1.165, 1.54) is 0 Å². The number of carbonyl (C=O) groups excluding carboxylic acids is 1. The summed E-state index contributed by atoms with van der Waals surface area (Å²) in [6.45, 7) is 0.551. The molecule has 1 amide bonds. The van der Waals surface area contributed by atoms with Crippen LogP contribution in [0.5, 0.6) is 0 Å². The molecule has 1 aromatic heterocycles. The highest BCUT2D eigenvalue weighted by molar-refractivity contribution is 6.00. The van der Waals surface area contributed by atoms with Crippen molar-refractivity contribution in [2.45, 2.75) is 6.42 Å². The Hall–Kier alpha value is -3.86. The average molecular weight is 382 g/mol. The molecule has 4 aromatic rings. The molecule has 0 aliphatic carbocycles. The molecule has 0 saturated heterocycles. The van der Waals surface area contributed by atoms with Gasteiger partial charge in [0, 0.05) is 28.9 Å². The van der Waals surface area contributed by atoms with E-state index in [4.69, 9.17) is 5.73 Å². The van der Waals surface area contributed by atoms with E-state index < -0.39 is 0 Å². The minimum atomic E-state index is -0.105. The lowest BCUT2D eigenvalue weighted by Crippen LogP contribution is -2.26. The lowest BCUT2D eigenvalue weighted by molar-refractivity contribution is 0.0954. The van der Waals surface area contributed by atoms with Gasteiger partial charge >= 0.3 is 0 Å². The molecule has 0 atom stereocenters. The summed E-state index contributed by atoms with van der Waals surface area (Å²) in [5.41, 5.74) is 11.7. The molecule has 0 aliphatic heterocycles. The largest absolute Gasteiger partial charge is 0.399 e. The van der Waals surface area contributed by atoms with Gasteiger partial charge in [-0.15, -0.1) is 0 Å². The van der Waals surface area contributed by atoms with Crippen LogP contribution in [-0.4, -0.2) is 22.6 Å². The number of aromatic nitrogens is 2. The molecule has 4 N–H and O–H groups in total. The minimum Gasteiger partial charge on any atom is -0.399 e. The molecule has 4 rings (SSSR count). The molecule has 0 unspecified atom stereocenters. The third kappa shape index (κ3) is 4.35. The quantitative estimate of drug-likeness (QED) is 0.435. The molecule has 0 radical (unpaired) electrons. The van der Waals surface area contributed by atoms with Gasteiger partial charge in [0.15, 0.2) is 0 Å². The highest BCUT2D eigenvalue weighted by Gasteiger charge is 2.14. The third-order valence-corrected chi connectivity index (χ3v) is 4.79. The van der Waals surface area contributed by atoms with E-state index >= 15 is 0 Å². The van der Waals surface area contributed by atoms with E-state index in [0.717, 1.165) is 40.2 Å². The summed E-state index contributed by atoms with van der Waals surface area (Å²) in [6.07, 6.45) is 0.746. The van der Waals surface area contributed by atoms with Gasteiger partial charge in [0.25, 0.3) is 5.91 Å². The number of amides is 1. The number of benzene rings is 3. The fourth-order valence-corrected chi connectivity index (χ4v) is 3.23. The molecule has 0 spiro atoms. The number of nitrogen functional groups attached to an aromatic ring is 1. The van der Waals surface area contributed by atoms with E-state index in [-0.39, 0.29) is 5.91 Å². The summed E-state index contributed by atoms with van der Waals surface area (Å²) in [4.78, 5) is 12.8. The summed E-state index contributed by atoms with van der Waals surface area (Å²) in [5, 5.41) is 10.5. The zero-order valence-corrected chi connectivity index (χ0v) is 15.9. The van der Waals surface area contributed by atoms with Crippen molar-refractivity contribution >= 4 is 11.6 Å². The lowest BCUT2D eigenvalue weighted by Gasteiger charge is -2.09. The first-order chi connectivity index (χ1) is 14.2. The molecule has 144 valence electrons. The van der Waals surface area contributed by atoms with Gasteiger partial charge in [0.1, 0.15) is 0 Å². The van der Waals surface area contributed by atoms with Gasteiger partial charge in [-0.25, -0.2) is 0 Å². The monoisotopic (exact) mass is 382 g/mol. The smallest absolute Gasteiger partial charge is 0.251 e. The minimum absolute atomic E-state index is 0.105. The first kappa shape index (κ1) is 18.5. The lowest BCUT2D eigenvalue weighted by atomic mass is 10.0. The zero-order valence-electron chi connectivity index (χ0n) is 15.9. The predicted molar refractivity (Wildman–Crippen MR) is 116 cm³/mol. The van der Waals surface area contributed by atoms with Crippen molar-refractivity contribution < 1.29 is 4.79 Å². The van der Waals surface area contributed by atoms with Crippen molar-refractivity contribution in [1.29, 1.82) is 0 Å². The Morgan fingerprint density at radius 3 is 2.45 bits per heavy atom. The summed E-state index contributed by atoms with van der Waals surface area (Å²) in [6, 6.07) is 27.2. The van der Waals surface area contributed by atoms with Crippen molar-refractivity contribution in [1.82, 2.24) is 15.5 Å². The number of nitrogens with two attached hydrogens (primary N) is 1. The second kappa shape index (κ2) is 8.44. The van der Waals surface area contributed by atoms with Crippen LogP contribution in [0.25, 0.3) is 22.5 Å². The van der Waals surface area contributed by atoms with Gasteiger partial charge in [-0.1, -0.05) is 60.7 Å². The number of nitrogens with zero attached hydrogens (tertiary/aromatic N) is 1. The molecule has 0 aliphatic rings. The molecular weight excluding hydrogens is 360 g/mol. The SMILES string of the molecule is Nc1ccc(CCNC(=O)c2ccccc2-c2cc(-c3ccccc3)n[nH]2)cc1. The summed E-state index contributed by atoms with van der Waals surface area (Å²) in [7, 11) is 0. The van der Waals surface area contributed by atoms with Gasteiger partial charge in [-0.2, -0.15) is 5.10 Å². The van der Waals surface area contributed by atoms with E-state index in [9.17, 15) is 4.79 Å². The van der Waals surface area contributed by atoms with Crippen LogP contribution in [-0.2, 0) is 6.42 Å². The van der Waals surface area contributed by atoms with Crippen LogP contribution in [0.4, 0.5) is 5.69 Å². The maximum atomic E-state index is 12.8. The van der Waals surface area contributed by atoms with Crippen molar-refractivity contribution in [3.8, 4) is 22.5 Å². The molecule has 5 nitrogen and oxygen atoms in total. The molecule has 1 heterocycles. The predicted octanol–water partition coefficient (Wildman–Crippen LogP) is 4.30. The Morgan fingerprint density at radius 2 is 1.66 bits per heavy atom. The van der Waals surface area contributed by atoms with Crippen LogP contribution in [0.2, 0.25) is 0 Å². The Morgan fingerprint density at radius 1 is 0.931 bits per heavy atom. The number of hydrogen-bond acceptors (Lipinski definition) is 3. The van der Waals surface area contributed by atoms with Gasteiger partial charge < -0.3 is 11.1 Å². The molecule has 0 fully saturated rings. The van der Waals surface area contributed by atoms with E-state index in [1.54, 1.807) is 0 Å². The number of carbonyl (C=O) groups is 1. The number of aromatic amines is 1. The molecule has 3 aromatic carbocycles. The second-order valence-electron chi connectivity index (χ2n) is 6.83. The molecule has 0 saturated carbocycles. The van der Waals surface area contributed by atoms with Crippen LogP contribution in [0.15, 0.2) is 84.9 Å². The topological polar surface area (TPSA) is 83.8 Å². The van der Waals surface area contributed by atoms with Gasteiger partial charge in [0.2, 0.25) is 0 Å². The van der Waals surface area contributed by atoms with Crippen LogP contribution < -0.4 is 11.1 Å². The van der Waals surface area contributed by atoms with E-state index in [0.29, 0.717) is 12.1 Å². The Balaban J connectivity index is 1.48. The van der Waals surface area contributed by atoms with Crippen LogP contribution in [0.3, 0.4) is 0 Å². The van der Waals surface area contributed by atoms with E-state index in [2.05, 4.69) is 15.5 Å². The van der Waals surface area contributed by atoms with Crippen LogP contribution in [0.1, 0.15) is 15.9 Å². The van der Waals surface area contributed by atoms with Crippen LogP contribution >= 0.6 is 0 Å². The maximum absolute atomic E-state index is 12.8. The second-order valence-corrected chi connectivity index (χ2v) is 6.83. The summed E-state index contributed by atoms with van der Waals surface area (Å²) in [5.74, 6) is -0.105. The molecule has 0 bridgehead atoms. The number of rotatable bonds is 6. The average Bonchev–Trinajstić information content (AvgIpc) is 3.26. The number of H-pyrrole nitrogens is 1.